The largest absolute Gasteiger partial charge is 0.371 e. The van der Waals surface area contributed by atoms with Gasteiger partial charge in [-0.2, -0.15) is 0 Å². The first-order valence-corrected chi connectivity index (χ1v) is 5.37. The van der Waals surface area contributed by atoms with Crippen LogP contribution in [0.1, 0.15) is 40.0 Å². The Bertz CT molecular complexity index is 145. The van der Waals surface area contributed by atoms with Crippen molar-refractivity contribution >= 4 is 0 Å². The summed E-state index contributed by atoms with van der Waals surface area (Å²) in [5.41, 5.74) is 0. The van der Waals surface area contributed by atoms with Crippen molar-refractivity contribution in [2.24, 2.45) is 17.8 Å². The highest BCUT2D eigenvalue weighted by Crippen LogP contribution is 2.34. The molecule has 2 heteroatoms. The third-order valence-electron chi connectivity index (χ3n) is 3.25. The van der Waals surface area contributed by atoms with E-state index in [4.69, 9.17) is 9.84 Å². The second-order valence-electron chi connectivity index (χ2n) is 4.66. The molecule has 78 valence electrons. The Kier molecular flexibility index (Phi) is 4.20. The van der Waals surface area contributed by atoms with Gasteiger partial charge in [-0.05, 0) is 30.6 Å². The summed E-state index contributed by atoms with van der Waals surface area (Å²) in [6.07, 6.45) is 3.97. The van der Waals surface area contributed by atoms with Crippen LogP contribution in [0.2, 0.25) is 0 Å². The smallest absolute Gasteiger partial charge is 0.143 e. The Labute approximate surface area is 81.3 Å². The normalized spacial score (nSPS) is 35.3. The summed E-state index contributed by atoms with van der Waals surface area (Å²) in [5, 5.41) is 8.78. The molecule has 0 aliphatic heterocycles. The molecule has 0 bridgehead atoms. The summed E-state index contributed by atoms with van der Waals surface area (Å²) in [5.74, 6) is 2.07. The van der Waals surface area contributed by atoms with Crippen molar-refractivity contribution in [3.8, 4) is 0 Å². The van der Waals surface area contributed by atoms with Crippen molar-refractivity contribution in [1.29, 1.82) is 0 Å². The van der Waals surface area contributed by atoms with Gasteiger partial charge >= 0.3 is 0 Å². The van der Waals surface area contributed by atoms with E-state index in [-0.39, 0.29) is 12.9 Å². The first-order chi connectivity index (χ1) is 6.15. The summed E-state index contributed by atoms with van der Waals surface area (Å²) in [6.45, 7) is 6.63. The van der Waals surface area contributed by atoms with Crippen molar-refractivity contribution in [3.05, 3.63) is 0 Å². The fourth-order valence-electron chi connectivity index (χ4n) is 2.40. The quantitative estimate of drug-likeness (QED) is 0.686. The second kappa shape index (κ2) is 4.97. The van der Waals surface area contributed by atoms with E-state index in [0.29, 0.717) is 11.8 Å². The molecule has 0 aromatic carbocycles. The number of aliphatic hydroxyl groups excluding tert-OH is 1. The first-order valence-electron chi connectivity index (χ1n) is 5.37. The number of aliphatic hydroxyl groups is 1. The van der Waals surface area contributed by atoms with Crippen LogP contribution in [-0.2, 0) is 4.74 Å². The highest BCUT2D eigenvalue weighted by Gasteiger charge is 2.30. The molecule has 3 atom stereocenters. The standard InChI is InChI=1S/C11H22O2/c1-8(2)10-5-4-9(3)6-11(10)13-7-12/h8-12H,4-7H2,1-3H3. The summed E-state index contributed by atoms with van der Waals surface area (Å²) in [7, 11) is 0. The van der Waals surface area contributed by atoms with Gasteiger partial charge in [-0.25, -0.2) is 0 Å². The zero-order valence-electron chi connectivity index (χ0n) is 8.99. The fourth-order valence-corrected chi connectivity index (χ4v) is 2.40. The van der Waals surface area contributed by atoms with Gasteiger partial charge < -0.3 is 9.84 Å². The average Bonchev–Trinajstić information content (AvgIpc) is 2.04. The van der Waals surface area contributed by atoms with Crippen LogP contribution in [0.3, 0.4) is 0 Å². The SMILES string of the molecule is CC1CCC(C(C)C)C(OCO)C1. The van der Waals surface area contributed by atoms with Gasteiger partial charge in [0.25, 0.3) is 0 Å². The molecular formula is C11H22O2. The summed E-state index contributed by atoms with van der Waals surface area (Å²) in [6, 6.07) is 0. The fraction of sp³-hybridized carbons (Fsp3) is 1.00. The van der Waals surface area contributed by atoms with E-state index in [2.05, 4.69) is 20.8 Å². The van der Waals surface area contributed by atoms with Crippen molar-refractivity contribution in [2.45, 2.75) is 46.1 Å². The van der Waals surface area contributed by atoms with E-state index in [0.717, 1.165) is 12.3 Å². The van der Waals surface area contributed by atoms with Crippen LogP contribution in [0, 0.1) is 17.8 Å². The van der Waals surface area contributed by atoms with Gasteiger partial charge in [-0.15, -0.1) is 0 Å². The van der Waals surface area contributed by atoms with Crippen LogP contribution >= 0.6 is 0 Å². The second-order valence-corrected chi connectivity index (χ2v) is 4.66. The van der Waals surface area contributed by atoms with Crippen molar-refractivity contribution < 1.29 is 9.84 Å². The van der Waals surface area contributed by atoms with Gasteiger partial charge in [0.05, 0.1) is 6.10 Å². The topological polar surface area (TPSA) is 29.5 Å². The molecule has 0 aromatic heterocycles. The zero-order valence-corrected chi connectivity index (χ0v) is 8.99. The zero-order chi connectivity index (χ0) is 9.84. The molecule has 2 nitrogen and oxygen atoms in total. The monoisotopic (exact) mass is 186 g/mol. The molecule has 1 aliphatic rings. The van der Waals surface area contributed by atoms with Gasteiger partial charge in [0.1, 0.15) is 6.79 Å². The predicted molar refractivity (Wildman–Crippen MR) is 53.3 cm³/mol. The van der Waals surface area contributed by atoms with E-state index >= 15 is 0 Å². The van der Waals surface area contributed by atoms with Crippen LogP contribution in [0.5, 0.6) is 0 Å². The van der Waals surface area contributed by atoms with Crippen molar-refractivity contribution in [1.82, 2.24) is 0 Å². The minimum absolute atomic E-state index is 0.124. The maximum absolute atomic E-state index is 8.78. The van der Waals surface area contributed by atoms with E-state index in [1.54, 1.807) is 0 Å². The van der Waals surface area contributed by atoms with Crippen LogP contribution in [-0.4, -0.2) is 18.0 Å². The van der Waals surface area contributed by atoms with E-state index in [1.807, 2.05) is 0 Å². The molecule has 1 aliphatic carbocycles. The maximum atomic E-state index is 8.78. The van der Waals surface area contributed by atoms with E-state index in [9.17, 15) is 0 Å². The lowest BCUT2D eigenvalue weighted by Crippen LogP contribution is -2.34. The van der Waals surface area contributed by atoms with Gasteiger partial charge in [-0.1, -0.05) is 27.2 Å². The molecule has 0 radical (unpaired) electrons. The summed E-state index contributed by atoms with van der Waals surface area (Å²) < 4.78 is 5.38. The molecule has 13 heavy (non-hydrogen) atoms. The summed E-state index contributed by atoms with van der Waals surface area (Å²) in [4.78, 5) is 0. The Hall–Kier alpha value is -0.0800. The molecule has 0 spiro atoms. The summed E-state index contributed by atoms with van der Waals surface area (Å²) >= 11 is 0. The number of hydrogen-bond donors (Lipinski definition) is 1. The lowest BCUT2D eigenvalue weighted by Gasteiger charge is -2.36. The molecule has 0 aromatic rings. The lowest BCUT2D eigenvalue weighted by atomic mass is 9.75. The minimum atomic E-state index is -0.124. The lowest BCUT2D eigenvalue weighted by molar-refractivity contribution is -0.101. The first kappa shape index (κ1) is 11.0. The highest BCUT2D eigenvalue weighted by molar-refractivity contribution is 4.80. The third-order valence-corrected chi connectivity index (χ3v) is 3.25. The molecule has 0 saturated heterocycles. The van der Waals surface area contributed by atoms with E-state index in [1.165, 1.54) is 12.8 Å². The Balaban J connectivity index is 2.50. The average molecular weight is 186 g/mol. The number of rotatable bonds is 3. The van der Waals surface area contributed by atoms with Gasteiger partial charge in [-0.3, -0.25) is 0 Å². The van der Waals surface area contributed by atoms with Crippen LogP contribution in [0.15, 0.2) is 0 Å². The van der Waals surface area contributed by atoms with Crippen molar-refractivity contribution in [3.63, 3.8) is 0 Å². The van der Waals surface area contributed by atoms with Gasteiger partial charge in [0.15, 0.2) is 0 Å². The minimum Gasteiger partial charge on any atom is -0.371 e. The van der Waals surface area contributed by atoms with Crippen molar-refractivity contribution in [2.75, 3.05) is 6.79 Å². The molecule has 1 fully saturated rings. The highest BCUT2D eigenvalue weighted by atomic mass is 16.6. The molecule has 0 heterocycles. The van der Waals surface area contributed by atoms with Gasteiger partial charge in [0.2, 0.25) is 0 Å². The third kappa shape index (κ3) is 2.96. The molecule has 1 rings (SSSR count). The Morgan fingerprint density at radius 1 is 1.38 bits per heavy atom. The number of hydrogen-bond acceptors (Lipinski definition) is 2. The number of ether oxygens (including phenoxy) is 1. The molecule has 0 amide bonds. The van der Waals surface area contributed by atoms with Crippen LogP contribution in [0.25, 0.3) is 0 Å². The molecular weight excluding hydrogens is 164 g/mol. The van der Waals surface area contributed by atoms with Crippen LogP contribution < -0.4 is 0 Å². The predicted octanol–water partition coefficient (Wildman–Crippen LogP) is 2.41. The molecule has 3 unspecified atom stereocenters. The van der Waals surface area contributed by atoms with E-state index < -0.39 is 0 Å². The Morgan fingerprint density at radius 2 is 2.08 bits per heavy atom. The maximum Gasteiger partial charge on any atom is 0.143 e. The molecule has 1 saturated carbocycles. The Morgan fingerprint density at radius 3 is 2.62 bits per heavy atom. The van der Waals surface area contributed by atoms with Gasteiger partial charge in [0, 0.05) is 0 Å². The molecule has 1 N–H and O–H groups in total. The van der Waals surface area contributed by atoms with Crippen LogP contribution in [0.4, 0.5) is 0 Å².